The third-order valence-electron chi connectivity index (χ3n) is 3.30. The summed E-state index contributed by atoms with van der Waals surface area (Å²) in [4.78, 5) is 24.3. The molecule has 0 aromatic rings. The Kier molecular flexibility index (Phi) is 4.41. The maximum Gasteiger partial charge on any atom is 0.317 e. The molecule has 102 valence electrons. The second-order valence-electron chi connectivity index (χ2n) is 4.93. The van der Waals surface area contributed by atoms with E-state index in [1.165, 1.54) is 0 Å². The van der Waals surface area contributed by atoms with Gasteiger partial charge in [0.1, 0.15) is 0 Å². The zero-order valence-corrected chi connectivity index (χ0v) is 10.4. The normalized spacial score (nSPS) is 23.4. The van der Waals surface area contributed by atoms with Gasteiger partial charge in [-0.15, -0.1) is 0 Å². The van der Waals surface area contributed by atoms with Gasteiger partial charge in [0.2, 0.25) is 0 Å². The van der Waals surface area contributed by atoms with Gasteiger partial charge >= 0.3 is 12.0 Å². The van der Waals surface area contributed by atoms with E-state index in [-0.39, 0.29) is 24.5 Å². The van der Waals surface area contributed by atoms with Gasteiger partial charge in [0.15, 0.2) is 0 Å². The molecule has 2 amide bonds. The van der Waals surface area contributed by atoms with Crippen LogP contribution in [0.3, 0.4) is 0 Å². The van der Waals surface area contributed by atoms with Gasteiger partial charge < -0.3 is 20.1 Å². The summed E-state index contributed by atoms with van der Waals surface area (Å²) in [6, 6.07) is 0.153. The third kappa shape index (κ3) is 3.87. The van der Waals surface area contributed by atoms with Crippen molar-refractivity contribution in [2.24, 2.45) is 0 Å². The van der Waals surface area contributed by atoms with E-state index in [1.54, 1.807) is 4.90 Å². The van der Waals surface area contributed by atoms with E-state index in [2.05, 4.69) is 5.32 Å². The molecule has 1 unspecified atom stereocenters. The van der Waals surface area contributed by atoms with Crippen molar-refractivity contribution < 1.29 is 19.4 Å². The van der Waals surface area contributed by atoms with Crippen LogP contribution in [0.4, 0.5) is 4.79 Å². The Bertz CT molecular complexity index is 311. The molecule has 6 heteroatoms. The van der Waals surface area contributed by atoms with Crippen LogP contribution < -0.4 is 5.32 Å². The van der Waals surface area contributed by atoms with Crippen molar-refractivity contribution in [3.05, 3.63) is 0 Å². The van der Waals surface area contributed by atoms with Gasteiger partial charge in [-0.1, -0.05) is 0 Å². The van der Waals surface area contributed by atoms with Gasteiger partial charge in [-0.25, -0.2) is 4.79 Å². The first-order chi connectivity index (χ1) is 8.66. The first-order valence-corrected chi connectivity index (χ1v) is 6.53. The van der Waals surface area contributed by atoms with E-state index < -0.39 is 5.97 Å². The minimum Gasteiger partial charge on any atom is -0.481 e. The second kappa shape index (κ2) is 6.04. The molecule has 0 bridgehead atoms. The van der Waals surface area contributed by atoms with Crippen LogP contribution in [0.5, 0.6) is 0 Å². The lowest BCUT2D eigenvalue weighted by Gasteiger charge is -2.28. The zero-order chi connectivity index (χ0) is 13.0. The quantitative estimate of drug-likeness (QED) is 0.763. The van der Waals surface area contributed by atoms with E-state index in [1.807, 2.05) is 0 Å². The molecule has 18 heavy (non-hydrogen) atoms. The number of carboxylic acid groups (broad SMARTS) is 1. The smallest absolute Gasteiger partial charge is 0.317 e. The molecule has 0 aromatic carbocycles. The highest BCUT2D eigenvalue weighted by Crippen LogP contribution is 2.27. The Labute approximate surface area is 106 Å². The molecule has 1 aliphatic carbocycles. The Morgan fingerprint density at radius 3 is 2.67 bits per heavy atom. The summed E-state index contributed by atoms with van der Waals surface area (Å²) < 4.78 is 5.31. The standard InChI is InChI=1S/C12H20N2O4/c15-11(16)5-6-14(10-3-4-10)12(17)13-9-2-1-7-18-8-9/h9-10H,1-8H2,(H,13,17)(H,15,16). The number of amides is 2. The number of ether oxygens (including phenoxy) is 1. The predicted octanol–water partition coefficient (Wildman–Crippen LogP) is 0.814. The van der Waals surface area contributed by atoms with E-state index >= 15 is 0 Å². The fourth-order valence-corrected chi connectivity index (χ4v) is 2.16. The van der Waals surface area contributed by atoms with Gasteiger partial charge in [0.25, 0.3) is 0 Å². The fraction of sp³-hybridized carbons (Fsp3) is 0.833. The Balaban J connectivity index is 1.81. The highest BCUT2D eigenvalue weighted by Gasteiger charge is 2.33. The maximum atomic E-state index is 12.1. The van der Waals surface area contributed by atoms with E-state index in [0.29, 0.717) is 13.2 Å². The van der Waals surface area contributed by atoms with Crippen LogP contribution in [-0.2, 0) is 9.53 Å². The van der Waals surface area contributed by atoms with Gasteiger partial charge in [0, 0.05) is 19.2 Å². The summed E-state index contributed by atoms with van der Waals surface area (Å²) in [6.07, 6.45) is 3.86. The van der Waals surface area contributed by atoms with Crippen LogP contribution in [0.1, 0.15) is 32.1 Å². The number of rotatable bonds is 5. The monoisotopic (exact) mass is 256 g/mol. The van der Waals surface area contributed by atoms with Gasteiger partial charge in [-0.3, -0.25) is 4.79 Å². The first kappa shape index (κ1) is 13.1. The highest BCUT2D eigenvalue weighted by molar-refractivity contribution is 5.76. The number of carboxylic acids is 1. The van der Waals surface area contributed by atoms with Crippen LogP contribution >= 0.6 is 0 Å². The Hall–Kier alpha value is -1.30. The molecule has 1 heterocycles. The second-order valence-corrected chi connectivity index (χ2v) is 4.93. The van der Waals surface area contributed by atoms with Crippen molar-refractivity contribution in [1.82, 2.24) is 10.2 Å². The number of nitrogens with one attached hydrogen (secondary N) is 1. The van der Waals surface area contributed by atoms with Gasteiger partial charge in [-0.05, 0) is 25.7 Å². The average molecular weight is 256 g/mol. The molecule has 1 saturated heterocycles. The fourth-order valence-electron chi connectivity index (χ4n) is 2.16. The summed E-state index contributed by atoms with van der Waals surface area (Å²) in [5.74, 6) is -0.866. The number of hydrogen-bond donors (Lipinski definition) is 2. The number of aliphatic carboxylic acids is 1. The Morgan fingerprint density at radius 2 is 2.11 bits per heavy atom. The molecule has 2 aliphatic rings. The van der Waals surface area contributed by atoms with Crippen LogP contribution in [0, 0.1) is 0 Å². The van der Waals surface area contributed by atoms with Crippen molar-refractivity contribution >= 4 is 12.0 Å². The topological polar surface area (TPSA) is 78.9 Å². The third-order valence-corrected chi connectivity index (χ3v) is 3.30. The molecule has 1 aliphatic heterocycles. The molecular formula is C12H20N2O4. The first-order valence-electron chi connectivity index (χ1n) is 6.53. The molecule has 0 radical (unpaired) electrons. The summed E-state index contributed by atoms with van der Waals surface area (Å²) in [5, 5.41) is 11.6. The van der Waals surface area contributed by atoms with E-state index in [0.717, 1.165) is 32.3 Å². The van der Waals surface area contributed by atoms with Crippen molar-refractivity contribution in [2.75, 3.05) is 19.8 Å². The summed E-state index contributed by atoms with van der Waals surface area (Å²) in [5.41, 5.74) is 0. The summed E-state index contributed by atoms with van der Waals surface area (Å²) in [6.45, 7) is 1.61. The van der Waals surface area contributed by atoms with Crippen LogP contribution in [0.2, 0.25) is 0 Å². The minimum atomic E-state index is -0.866. The number of carbonyl (C=O) groups is 2. The SMILES string of the molecule is O=C(O)CCN(C(=O)NC1CCCOC1)C1CC1. The van der Waals surface area contributed by atoms with Crippen LogP contribution in [-0.4, -0.2) is 53.8 Å². The lowest BCUT2D eigenvalue weighted by Crippen LogP contribution is -2.49. The molecule has 1 saturated carbocycles. The molecule has 6 nitrogen and oxygen atoms in total. The Morgan fingerprint density at radius 1 is 1.33 bits per heavy atom. The lowest BCUT2D eigenvalue weighted by molar-refractivity contribution is -0.137. The van der Waals surface area contributed by atoms with Gasteiger partial charge in [0.05, 0.1) is 19.1 Å². The summed E-state index contributed by atoms with van der Waals surface area (Å²) in [7, 11) is 0. The lowest BCUT2D eigenvalue weighted by atomic mass is 10.1. The molecule has 0 aromatic heterocycles. The zero-order valence-electron chi connectivity index (χ0n) is 10.4. The van der Waals surface area contributed by atoms with Crippen molar-refractivity contribution in [3.63, 3.8) is 0 Å². The number of urea groups is 1. The maximum absolute atomic E-state index is 12.1. The van der Waals surface area contributed by atoms with Crippen LogP contribution in [0.15, 0.2) is 0 Å². The van der Waals surface area contributed by atoms with E-state index in [4.69, 9.17) is 9.84 Å². The van der Waals surface area contributed by atoms with Crippen molar-refractivity contribution in [1.29, 1.82) is 0 Å². The number of nitrogens with zero attached hydrogens (tertiary/aromatic N) is 1. The average Bonchev–Trinajstić information content (AvgIpc) is 3.14. The molecule has 2 fully saturated rings. The van der Waals surface area contributed by atoms with E-state index in [9.17, 15) is 9.59 Å². The van der Waals surface area contributed by atoms with Crippen molar-refractivity contribution in [2.45, 2.75) is 44.2 Å². The predicted molar refractivity (Wildman–Crippen MR) is 64.4 cm³/mol. The van der Waals surface area contributed by atoms with Crippen LogP contribution in [0.25, 0.3) is 0 Å². The molecule has 1 atom stereocenters. The number of hydrogen-bond acceptors (Lipinski definition) is 3. The van der Waals surface area contributed by atoms with Gasteiger partial charge in [-0.2, -0.15) is 0 Å². The minimum absolute atomic E-state index is 0.00505. The van der Waals surface area contributed by atoms with Crippen molar-refractivity contribution in [3.8, 4) is 0 Å². The summed E-state index contributed by atoms with van der Waals surface area (Å²) >= 11 is 0. The molecular weight excluding hydrogens is 236 g/mol. The molecule has 2 N–H and O–H groups in total. The largest absolute Gasteiger partial charge is 0.481 e. The molecule has 0 spiro atoms. The molecule has 2 rings (SSSR count). The highest BCUT2D eigenvalue weighted by atomic mass is 16.5. The number of carbonyl (C=O) groups excluding carboxylic acids is 1.